The molecular weight excluding hydrogens is 468 g/mol. The minimum atomic E-state index is -1.94. The number of carbonyl (C=O) groups excluding carboxylic acids is 2. The first kappa shape index (κ1) is 25.3. The van der Waals surface area contributed by atoms with Gasteiger partial charge in [-0.25, -0.2) is 10.2 Å². The molecule has 2 N–H and O–H groups in total. The van der Waals surface area contributed by atoms with Crippen LogP contribution in [0.25, 0.3) is 0 Å². The second-order valence-electron chi connectivity index (χ2n) is 8.31. The van der Waals surface area contributed by atoms with Crippen molar-refractivity contribution >= 4 is 18.1 Å². The van der Waals surface area contributed by atoms with Crippen molar-refractivity contribution in [3.63, 3.8) is 0 Å². The lowest BCUT2D eigenvalue weighted by Crippen LogP contribution is -2.43. The summed E-state index contributed by atoms with van der Waals surface area (Å²) in [5, 5.41) is 15.5. The number of rotatable bonds is 8. The topological polar surface area (TPSA) is 97.2 Å². The summed E-state index contributed by atoms with van der Waals surface area (Å²) < 4.78 is 10.9. The van der Waals surface area contributed by atoms with Gasteiger partial charge in [0.15, 0.2) is 17.1 Å². The fraction of sp³-hybridized carbons (Fsp3) is 0.100. The first-order valence-electron chi connectivity index (χ1n) is 11.6. The van der Waals surface area contributed by atoms with E-state index in [1.807, 2.05) is 19.1 Å². The number of hydrazone groups is 1. The van der Waals surface area contributed by atoms with Gasteiger partial charge in [-0.15, -0.1) is 0 Å². The Kier molecular flexibility index (Phi) is 7.76. The highest BCUT2D eigenvalue weighted by Crippen LogP contribution is 2.30. The molecule has 7 heteroatoms. The Bertz CT molecular complexity index is 1360. The molecule has 0 aliphatic rings. The summed E-state index contributed by atoms with van der Waals surface area (Å²) >= 11 is 0. The van der Waals surface area contributed by atoms with E-state index in [1.165, 1.54) is 13.3 Å². The Morgan fingerprint density at radius 2 is 1.43 bits per heavy atom. The molecule has 0 unspecified atom stereocenters. The predicted octanol–water partition coefficient (Wildman–Crippen LogP) is 4.61. The Labute approximate surface area is 215 Å². The third-order valence-corrected chi connectivity index (χ3v) is 5.77. The molecule has 0 aliphatic carbocycles. The van der Waals surface area contributed by atoms with E-state index in [2.05, 4.69) is 10.5 Å². The Morgan fingerprint density at radius 1 is 0.838 bits per heavy atom. The molecular formula is C30H26N2O5. The number of carbonyl (C=O) groups is 2. The van der Waals surface area contributed by atoms with Crippen LogP contribution in [-0.4, -0.2) is 30.3 Å². The molecule has 0 saturated carbocycles. The van der Waals surface area contributed by atoms with Gasteiger partial charge in [-0.2, -0.15) is 5.10 Å². The van der Waals surface area contributed by atoms with E-state index in [4.69, 9.17) is 9.47 Å². The zero-order valence-electron chi connectivity index (χ0n) is 20.4. The van der Waals surface area contributed by atoms with Gasteiger partial charge in [0.05, 0.1) is 18.9 Å². The van der Waals surface area contributed by atoms with Crippen LogP contribution < -0.4 is 14.9 Å². The summed E-state index contributed by atoms with van der Waals surface area (Å²) in [5.41, 5.74) is 3.36. The van der Waals surface area contributed by atoms with E-state index >= 15 is 0 Å². The van der Waals surface area contributed by atoms with E-state index in [9.17, 15) is 14.7 Å². The number of ether oxygens (including phenoxy) is 2. The number of nitrogens with zero attached hydrogens (tertiary/aromatic N) is 1. The quantitative estimate of drug-likeness (QED) is 0.161. The summed E-state index contributed by atoms with van der Waals surface area (Å²) in [6.45, 7) is 1.94. The zero-order chi connectivity index (χ0) is 26.3. The van der Waals surface area contributed by atoms with Gasteiger partial charge in [0.2, 0.25) is 0 Å². The molecule has 0 aromatic heterocycles. The summed E-state index contributed by atoms with van der Waals surface area (Å²) in [6, 6.07) is 29.2. The largest absolute Gasteiger partial charge is 0.493 e. The van der Waals surface area contributed by atoms with Gasteiger partial charge in [-0.05, 0) is 53.9 Å². The molecule has 1 amide bonds. The highest BCUT2D eigenvalue weighted by atomic mass is 16.6. The molecule has 0 radical (unpaired) electrons. The third-order valence-electron chi connectivity index (χ3n) is 5.77. The van der Waals surface area contributed by atoms with Gasteiger partial charge in [0, 0.05) is 0 Å². The molecule has 4 rings (SSSR count). The summed E-state index contributed by atoms with van der Waals surface area (Å²) in [4.78, 5) is 25.6. The maximum atomic E-state index is 13.2. The maximum Gasteiger partial charge on any atom is 0.343 e. The second kappa shape index (κ2) is 11.3. The Morgan fingerprint density at radius 3 is 2.00 bits per heavy atom. The first-order valence-corrected chi connectivity index (χ1v) is 11.6. The van der Waals surface area contributed by atoms with E-state index in [0.717, 1.165) is 5.56 Å². The van der Waals surface area contributed by atoms with Gasteiger partial charge in [-0.1, -0.05) is 78.4 Å². The SMILES string of the molecule is COc1cc(C=NNC(=O)C(O)(c2ccccc2)c2ccccc2)ccc1OC(=O)c1ccc(C)cc1. The molecule has 0 spiro atoms. The van der Waals surface area contributed by atoms with Crippen LogP contribution in [-0.2, 0) is 10.4 Å². The number of hydrogen-bond acceptors (Lipinski definition) is 6. The smallest absolute Gasteiger partial charge is 0.343 e. The van der Waals surface area contributed by atoms with Gasteiger partial charge >= 0.3 is 5.97 Å². The predicted molar refractivity (Wildman–Crippen MR) is 141 cm³/mol. The van der Waals surface area contributed by atoms with Crippen LogP contribution in [0.15, 0.2) is 108 Å². The van der Waals surface area contributed by atoms with Gasteiger partial charge in [-0.3, -0.25) is 4.79 Å². The van der Waals surface area contributed by atoms with Gasteiger partial charge in [0.1, 0.15) is 0 Å². The number of aliphatic hydroxyl groups is 1. The van der Waals surface area contributed by atoms with Crippen molar-refractivity contribution in [3.8, 4) is 11.5 Å². The van der Waals surface area contributed by atoms with Crippen LogP contribution in [0, 0.1) is 6.92 Å². The molecule has 0 atom stereocenters. The molecule has 7 nitrogen and oxygen atoms in total. The zero-order valence-corrected chi connectivity index (χ0v) is 20.4. The fourth-order valence-electron chi connectivity index (χ4n) is 3.73. The number of aryl methyl sites for hydroxylation is 1. The lowest BCUT2D eigenvalue weighted by molar-refractivity contribution is -0.136. The number of hydrogen-bond donors (Lipinski definition) is 2. The molecule has 0 bridgehead atoms. The molecule has 4 aromatic carbocycles. The monoisotopic (exact) mass is 494 g/mol. The Balaban J connectivity index is 1.50. The number of esters is 1. The minimum Gasteiger partial charge on any atom is -0.493 e. The van der Waals surface area contributed by atoms with Crippen molar-refractivity contribution in [2.75, 3.05) is 7.11 Å². The van der Waals surface area contributed by atoms with Crippen molar-refractivity contribution < 1.29 is 24.2 Å². The highest BCUT2D eigenvalue weighted by Gasteiger charge is 2.39. The van der Waals surface area contributed by atoms with Gasteiger partial charge < -0.3 is 14.6 Å². The molecule has 186 valence electrons. The second-order valence-corrected chi connectivity index (χ2v) is 8.31. The van der Waals surface area contributed by atoms with E-state index in [1.54, 1.807) is 91.0 Å². The molecule has 0 heterocycles. The van der Waals surface area contributed by atoms with Crippen molar-refractivity contribution in [2.45, 2.75) is 12.5 Å². The Hall–Kier alpha value is -4.75. The summed E-state index contributed by atoms with van der Waals surface area (Å²) in [5.74, 6) is -0.651. The lowest BCUT2D eigenvalue weighted by atomic mass is 9.85. The molecule has 4 aromatic rings. The average Bonchev–Trinajstić information content (AvgIpc) is 2.94. The van der Waals surface area contributed by atoms with Crippen molar-refractivity contribution in [1.29, 1.82) is 0 Å². The molecule has 37 heavy (non-hydrogen) atoms. The van der Waals surface area contributed by atoms with Crippen LogP contribution in [0.4, 0.5) is 0 Å². The van der Waals surface area contributed by atoms with Crippen LogP contribution in [0.5, 0.6) is 11.5 Å². The molecule has 0 aliphatic heterocycles. The number of amides is 1. The summed E-state index contributed by atoms with van der Waals surface area (Å²) in [7, 11) is 1.46. The first-order chi connectivity index (χ1) is 17.9. The molecule has 0 fully saturated rings. The fourth-order valence-corrected chi connectivity index (χ4v) is 3.73. The minimum absolute atomic E-state index is 0.247. The van der Waals surface area contributed by atoms with E-state index in [-0.39, 0.29) is 5.75 Å². The normalized spacial score (nSPS) is 11.2. The van der Waals surface area contributed by atoms with Crippen LogP contribution in [0.1, 0.15) is 32.6 Å². The van der Waals surface area contributed by atoms with Crippen LogP contribution in [0.3, 0.4) is 0 Å². The number of methoxy groups -OCH3 is 1. The maximum absolute atomic E-state index is 13.2. The van der Waals surface area contributed by atoms with E-state index < -0.39 is 17.5 Å². The third kappa shape index (κ3) is 5.74. The average molecular weight is 495 g/mol. The van der Waals surface area contributed by atoms with E-state index in [0.29, 0.717) is 28.0 Å². The van der Waals surface area contributed by atoms with Crippen molar-refractivity contribution in [1.82, 2.24) is 5.43 Å². The van der Waals surface area contributed by atoms with Crippen molar-refractivity contribution in [2.24, 2.45) is 5.10 Å². The van der Waals surface area contributed by atoms with Crippen molar-refractivity contribution in [3.05, 3.63) is 131 Å². The highest BCUT2D eigenvalue weighted by molar-refractivity contribution is 5.92. The standard InChI is InChI=1S/C30H26N2O5/c1-21-13-16-23(17-14-21)28(33)37-26-18-15-22(19-27(26)36-2)20-31-32-29(34)30(35,24-9-5-3-6-10-24)25-11-7-4-8-12-25/h3-20,35H,1-2H3,(H,32,34). The summed E-state index contributed by atoms with van der Waals surface area (Å²) in [6.07, 6.45) is 1.41. The number of benzene rings is 4. The van der Waals surface area contributed by atoms with Crippen LogP contribution >= 0.6 is 0 Å². The number of nitrogens with one attached hydrogen (secondary N) is 1. The molecule has 0 saturated heterocycles. The van der Waals surface area contributed by atoms with Gasteiger partial charge in [0.25, 0.3) is 5.91 Å². The lowest BCUT2D eigenvalue weighted by Gasteiger charge is -2.27. The van der Waals surface area contributed by atoms with Crippen LogP contribution in [0.2, 0.25) is 0 Å².